The molecule has 0 aliphatic heterocycles. The zero-order chi connectivity index (χ0) is 13.5. The Morgan fingerprint density at radius 2 is 1.88 bits per heavy atom. The average Bonchev–Trinajstić information content (AvgIpc) is 2.23. The summed E-state index contributed by atoms with van der Waals surface area (Å²) in [5, 5.41) is 14.2. The van der Waals surface area contributed by atoms with Gasteiger partial charge in [0, 0.05) is 5.54 Å². The Hall–Kier alpha value is -1.26. The van der Waals surface area contributed by atoms with Crippen molar-refractivity contribution in [2.75, 3.05) is 0 Å². The number of hydrogen-bond acceptors (Lipinski definition) is 2. The predicted molar refractivity (Wildman–Crippen MR) is 67.0 cm³/mol. The third-order valence-electron chi connectivity index (χ3n) is 2.79. The molecule has 0 saturated carbocycles. The molecule has 0 aromatic heterocycles. The lowest BCUT2D eigenvalue weighted by atomic mass is 10.0. The largest absolute Gasteiger partial charge is 0.480 e. The molecule has 0 heterocycles. The summed E-state index contributed by atoms with van der Waals surface area (Å²) < 4.78 is 0. The van der Waals surface area contributed by atoms with Crippen LogP contribution in [0.1, 0.15) is 53.4 Å². The minimum Gasteiger partial charge on any atom is -0.480 e. The molecule has 0 aliphatic rings. The van der Waals surface area contributed by atoms with E-state index in [4.69, 9.17) is 5.11 Å². The molecule has 2 amide bonds. The number of unbranched alkanes of at least 4 members (excludes halogenated alkanes) is 1. The van der Waals surface area contributed by atoms with E-state index in [2.05, 4.69) is 10.6 Å². The van der Waals surface area contributed by atoms with Crippen LogP contribution >= 0.6 is 0 Å². The Labute approximate surface area is 103 Å². The zero-order valence-electron chi connectivity index (χ0n) is 11.2. The van der Waals surface area contributed by atoms with E-state index in [9.17, 15) is 9.59 Å². The van der Waals surface area contributed by atoms with Crippen LogP contribution < -0.4 is 10.6 Å². The third-order valence-corrected chi connectivity index (χ3v) is 2.79. The van der Waals surface area contributed by atoms with Crippen LogP contribution in [0.25, 0.3) is 0 Å². The molecule has 3 N–H and O–H groups in total. The fourth-order valence-corrected chi connectivity index (χ4v) is 1.26. The molecule has 0 spiro atoms. The fraction of sp³-hybridized carbons (Fsp3) is 0.833. The molecule has 0 fully saturated rings. The SMILES string of the molecule is CCCCC(NC(=O)NC(C)(C)CC)C(=O)O. The second-order valence-corrected chi connectivity index (χ2v) is 4.87. The van der Waals surface area contributed by atoms with Crippen molar-refractivity contribution in [3.05, 3.63) is 0 Å². The maximum Gasteiger partial charge on any atom is 0.326 e. The van der Waals surface area contributed by atoms with Crippen LogP contribution in [0.5, 0.6) is 0 Å². The molecule has 0 rings (SSSR count). The first kappa shape index (κ1) is 15.7. The first-order valence-electron chi connectivity index (χ1n) is 6.14. The number of carbonyl (C=O) groups excluding carboxylic acids is 1. The second-order valence-electron chi connectivity index (χ2n) is 4.87. The molecule has 0 radical (unpaired) electrons. The summed E-state index contributed by atoms with van der Waals surface area (Å²) in [7, 11) is 0. The highest BCUT2D eigenvalue weighted by Gasteiger charge is 2.23. The van der Waals surface area contributed by atoms with E-state index >= 15 is 0 Å². The first-order chi connectivity index (χ1) is 7.82. The van der Waals surface area contributed by atoms with Gasteiger partial charge in [-0.3, -0.25) is 0 Å². The average molecular weight is 244 g/mol. The third kappa shape index (κ3) is 6.81. The molecule has 5 heteroatoms. The van der Waals surface area contributed by atoms with Crippen molar-refractivity contribution in [2.45, 2.75) is 65.0 Å². The van der Waals surface area contributed by atoms with Crippen molar-refractivity contribution < 1.29 is 14.7 Å². The number of rotatable bonds is 7. The van der Waals surface area contributed by atoms with Gasteiger partial charge in [-0.2, -0.15) is 0 Å². The summed E-state index contributed by atoms with van der Waals surface area (Å²) in [5.74, 6) is -0.983. The van der Waals surface area contributed by atoms with Crippen molar-refractivity contribution in [2.24, 2.45) is 0 Å². The van der Waals surface area contributed by atoms with E-state index in [1.54, 1.807) is 0 Å². The van der Waals surface area contributed by atoms with Crippen LogP contribution in [0.2, 0.25) is 0 Å². The van der Waals surface area contributed by atoms with E-state index in [1.165, 1.54) is 0 Å². The number of amides is 2. The Balaban J connectivity index is 4.26. The highest BCUT2D eigenvalue weighted by Crippen LogP contribution is 2.07. The molecule has 0 bridgehead atoms. The lowest BCUT2D eigenvalue weighted by molar-refractivity contribution is -0.139. The number of urea groups is 1. The summed E-state index contributed by atoms with van der Waals surface area (Å²) in [6.07, 6.45) is 2.95. The number of carboxylic acid groups (broad SMARTS) is 1. The Morgan fingerprint density at radius 3 is 2.29 bits per heavy atom. The molecular formula is C12H24N2O3. The predicted octanol–water partition coefficient (Wildman–Crippen LogP) is 2.12. The Morgan fingerprint density at radius 1 is 1.29 bits per heavy atom. The van der Waals surface area contributed by atoms with E-state index in [0.717, 1.165) is 19.3 Å². The monoisotopic (exact) mass is 244 g/mol. The van der Waals surface area contributed by atoms with Gasteiger partial charge in [0.1, 0.15) is 6.04 Å². The van der Waals surface area contributed by atoms with E-state index in [1.807, 2.05) is 27.7 Å². The maximum absolute atomic E-state index is 11.6. The van der Waals surface area contributed by atoms with Crippen molar-refractivity contribution in [1.82, 2.24) is 10.6 Å². The lowest BCUT2D eigenvalue weighted by Gasteiger charge is -2.25. The number of carbonyl (C=O) groups is 2. The van der Waals surface area contributed by atoms with E-state index in [-0.39, 0.29) is 5.54 Å². The van der Waals surface area contributed by atoms with Gasteiger partial charge in [0.2, 0.25) is 0 Å². The van der Waals surface area contributed by atoms with Gasteiger partial charge in [-0.25, -0.2) is 9.59 Å². The molecule has 1 atom stereocenters. The molecule has 0 saturated heterocycles. The normalized spacial score (nSPS) is 12.9. The summed E-state index contributed by atoms with van der Waals surface area (Å²) in [4.78, 5) is 22.5. The summed E-state index contributed by atoms with van der Waals surface area (Å²) in [5.41, 5.74) is -0.322. The molecule has 0 aromatic rings. The molecular weight excluding hydrogens is 220 g/mol. The highest BCUT2D eigenvalue weighted by atomic mass is 16.4. The van der Waals surface area contributed by atoms with Crippen molar-refractivity contribution >= 4 is 12.0 Å². The van der Waals surface area contributed by atoms with Crippen molar-refractivity contribution in [3.8, 4) is 0 Å². The van der Waals surface area contributed by atoms with E-state index < -0.39 is 18.0 Å². The number of aliphatic carboxylic acids is 1. The first-order valence-corrected chi connectivity index (χ1v) is 6.14. The van der Waals surface area contributed by atoms with Gasteiger partial charge in [0.15, 0.2) is 0 Å². The molecule has 100 valence electrons. The maximum atomic E-state index is 11.6. The van der Waals surface area contributed by atoms with Gasteiger partial charge in [0.05, 0.1) is 0 Å². The quantitative estimate of drug-likeness (QED) is 0.642. The van der Waals surface area contributed by atoms with Gasteiger partial charge in [-0.05, 0) is 26.7 Å². The highest BCUT2D eigenvalue weighted by molar-refractivity contribution is 5.82. The molecule has 1 unspecified atom stereocenters. The lowest BCUT2D eigenvalue weighted by Crippen LogP contribution is -2.52. The Kier molecular flexibility index (Phi) is 6.61. The standard InChI is InChI=1S/C12H24N2O3/c1-5-7-8-9(10(15)16)13-11(17)14-12(3,4)6-2/h9H,5-8H2,1-4H3,(H,15,16)(H2,13,14,17). The van der Waals surface area contributed by atoms with Crippen LogP contribution in [-0.2, 0) is 4.79 Å². The molecule has 5 nitrogen and oxygen atoms in total. The Bertz CT molecular complexity index is 264. The minimum atomic E-state index is -0.983. The molecule has 17 heavy (non-hydrogen) atoms. The van der Waals surface area contributed by atoms with Gasteiger partial charge in [-0.15, -0.1) is 0 Å². The number of carboxylic acids is 1. The summed E-state index contributed by atoms with van der Waals surface area (Å²) >= 11 is 0. The van der Waals surface area contributed by atoms with Crippen molar-refractivity contribution in [3.63, 3.8) is 0 Å². The van der Waals surface area contributed by atoms with Gasteiger partial charge in [-0.1, -0.05) is 26.7 Å². The zero-order valence-corrected chi connectivity index (χ0v) is 11.2. The number of hydrogen-bond donors (Lipinski definition) is 3. The summed E-state index contributed by atoms with van der Waals surface area (Å²) in [6, 6.07) is -1.22. The molecule has 0 aliphatic carbocycles. The van der Waals surface area contributed by atoms with Gasteiger partial charge in [0.25, 0.3) is 0 Å². The van der Waals surface area contributed by atoms with Crippen LogP contribution in [0, 0.1) is 0 Å². The van der Waals surface area contributed by atoms with E-state index in [0.29, 0.717) is 6.42 Å². The van der Waals surface area contributed by atoms with Crippen LogP contribution in [0.15, 0.2) is 0 Å². The fourth-order valence-electron chi connectivity index (χ4n) is 1.26. The van der Waals surface area contributed by atoms with Crippen molar-refractivity contribution in [1.29, 1.82) is 0 Å². The molecule has 0 aromatic carbocycles. The second kappa shape index (κ2) is 7.14. The minimum absolute atomic E-state index is 0.322. The number of nitrogens with one attached hydrogen (secondary N) is 2. The van der Waals surface area contributed by atoms with Gasteiger partial charge >= 0.3 is 12.0 Å². The summed E-state index contributed by atoms with van der Waals surface area (Å²) in [6.45, 7) is 7.74. The van der Waals surface area contributed by atoms with Crippen LogP contribution in [-0.4, -0.2) is 28.7 Å². The van der Waals surface area contributed by atoms with Crippen LogP contribution in [0.4, 0.5) is 4.79 Å². The van der Waals surface area contributed by atoms with Gasteiger partial charge < -0.3 is 15.7 Å². The van der Waals surface area contributed by atoms with Crippen LogP contribution in [0.3, 0.4) is 0 Å². The topological polar surface area (TPSA) is 78.4 Å². The smallest absolute Gasteiger partial charge is 0.326 e.